The summed E-state index contributed by atoms with van der Waals surface area (Å²) in [6.45, 7) is 3.23. The summed E-state index contributed by atoms with van der Waals surface area (Å²) in [5.74, 6) is -0.177. The Morgan fingerprint density at radius 1 is 1.18 bits per heavy atom. The summed E-state index contributed by atoms with van der Waals surface area (Å²) in [6.07, 6.45) is 1.13. The van der Waals surface area contributed by atoms with Crippen molar-refractivity contribution in [2.24, 2.45) is 0 Å². The SMILES string of the molecule is CC(c1ccc(S(C)(=O)=O)cc1)N(C)C(=O)NCCS(=O)(=O)N1CCOCC1. The second-order valence-corrected chi connectivity index (χ2v) is 10.8. The van der Waals surface area contributed by atoms with Crippen LogP contribution in [0.15, 0.2) is 29.2 Å². The molecule has 1 aliphatic rings. The molecule has 0 radical (unpaired) electrons. The number of carbonyl (C=O) groups is 1. The highest BCUT2D eigenvalue weighted by molar-refractivity contribution is 7.90. The summed E-state index contributed by atoms with van der Waals surface area (Å²) >= 11 is 0. The zero-order chi connectivity index (χ0) is 20.9. The molecule has 2 rings (SSSR count). The lowest BCUT2D eigenvalue weighted by molar-refractivity contribution is 0.0730. The number of carbonyl (C=O) groups excluding carboxylic acids is 1. The smallest absolute Gasteiger partial charge is 0.317 e. The van der Waals surface area contributed by atoms with E-state index in [0.717, 1.165) is 11.8 Å². The molecule has 1 heterocycles. The number of nitrogens with zero attached hydrogens (tertiary/aromatic N) is 2. The van der Waals surface area contributed by atoms with E-state index in [9.17, 15) is 21.6 Å². The largest absolute Gasteiger partial charge is 0.379 e. The van der Waals surface area contributed by atoms with Crippen LogP contribution in [0.4, 0.5) is 4.79 Å². The predicted molar refractivity (Wildman–Crippen MR) is 105 cm³/mol. The minimum Gasteiger partial charge on any atom is -0.379 e. The number of hydrogen-bond donors (Lipinski definition) is 1. The molecule has 1 N–H and O–H groups in total. The van der Waals surface area contributed by atoms with E-state index in [4.69, 9.17) is 4.74 Å². The van der Waals surface area contributed by atoms with Crippen molar-refractivity contribution in [1.82, 2.24) is 14.5 Å². The third kappa shape index (κ3) is 5.90. The fourth-order valence-corrected chi connectivity index (χ4v) is 4.71. The molecule has 1 saturated heterocycles. The van der Waals surface area contributed by atoms with Crippen molar-refractivity contribution in [3.8, 4) is 0 Å². The monoisotopic (exact) mass is 433 g/mol. The van der Waals surface area contributed by atoms with E-state index < -0.39 is 25.9 Å². The lowest BCUT2D eigenvalue weighted by atomic mass is 10.1. The van der Waals surface area contributed by atoms with Gasteiger partial charge in [0.15, 0.2) is 9.84 Å². The average molecular weight is 434 g/mol. The first-order valence-electron chi connectivity index (χ1n) is 8.88. The van der Waals surface area contributed by atoms with Crippen LogP contribution in [0.25, 0.3) is 0 Å². The van der Waals surface area contributed by atoms with Crippen LogP contribution in [0, 0.1) is 0 Å². The lowest BCUT2D eigenvalue weighted by Crippen LogP contribution is -2.45. The van der Waals surface area contributed by atoms with Crippen LogP contribution < -0.4 is 5.32 Å². The highest BCUT2D eigenvalue weighted by Gasteiger charge is 2.24. The third-order valence-electron chi connectivity index (χ3n) is 4.69. The maximum absolute atomic E-state index is 12.3. The second-order valence-electron chi connectivity index (χ2n) is 6.69. The molecule has 1 fully saturated rings. The minimum atomic E-state index is -3.43. The van der Waals surface area contributed by atoms with Crippen molar-refractivity contribution < 1.29 is 26.4 Å². The highest BCUT2D eigenvalue weighted by atomic mass is 32.2. The molecule has 1 aromatic carbocycles. The Balaban J connectivity index is 1.89. The van der Waals surface area contributed by atoms with Crippen LogP contribution in [-0.4, -0.2) is 84.0 Å². The zero-order valence-corrected chi connectivity index (χ0v) is 17.9. The molecule has 2 amide bonds. The topological polar surface area (TPSA) is 113 Å². The van der Waals surface area contributed by atoms with Crippen LogP contribution in [0.1, 0.15) is 18.5 Å². The van der Waals surface area contributed by atoms with E-state index in [1.807, 2.05) is 0 Å². The minimum absolute atomic E-state index is 0.00258. The van der Waals surface area contributed by atoms with Crippen LogP contribution in [0.5, 0.6) is 0 Å². The molecule has 0 saturated carbocycles. The molecular formula is C17H27N3O6S2. The van der Waals surface area contributed by atoms with Gasteiger partial charge in [0.2, 0.25) is 10.0 Å². The van der Waals surface area contributed by atoms with Crippen LogP contribution in [0.3, 0.4) is 0 Å². The number of morpholine rings is 1. The zero-order valence-electron chi connectivity index (χ0n) is 16.3. The Kier molecular flexibility index (Phi) is 7.43. The Hall–Kier alpha value is -1.69. The maximum atomic E-state index is 12.3. The van der Waals surface area contributed by atoms with E-state index in [-0.39, 0.29) is 23.2 Å². The maximum Gasteiger partial charge on any atom is 0.317 e. The molecule has 1 atom stereocenters. The Bertz CT molecular complexity index is 878. The lowest BCUT2D eigenvalue weighted by Gasteiger charge is -2.27. The number of amides is 2. The third-order valence-corrected chi connectivity index (χ3v) is 7.69. The number of sulfone groups is 1. The standard InChI is InChI=1S/C17H27N3O6S2/c1-14(15-4-6-16(7-5-15)27(3,22)23)19(2)17(21)18-8-13-28(24,25)20-9-11-26-12-10-20/h4-7,14H,8-13H2,1-3H3,(H,18,21). The molecule has 1 aliphatic heterocycles. The molecule has 0 spiro atoms. The van der Waals surface area contributed by atoms with Gasteiger partial charge in [-0.25, -0.2) is 21.6 Å². The van der Waals surface area contributed by atoms with Gasteiger partial charge in [0, 0.05) is 32.9 Å². The van der Waals surface area contributed by atoms with Gasteiger partial charge in [-0.1, -0.05) is 12.1 Å². The molecule has 1 unspecified atom stereocenters. The summed E-state index contributed by atoms with van der Waals surface area (Å²) < 4.78 is 54.1. The first-order chi connectivity index (χ1) is 13.0. The summed E-state index contributed by atoms with van der Waals surface area (Å²) in [4.78, 5) is 14.0. The quantitative estimate of drug-likeness (QED) is 0.668. The van der Waals surface area contributed by atoms with Gasteiger partial charge in [-0.05, 0) is 24.6 Å². The van der Waals surface area contributed by atoms with E-state index in [0.29, 0.717) is 26.3 Å². The fraction of sp³-hybridized carbons (Fsp3) is 0.588. The van der Waals surface area contributed by atoms with Crippen LogP contribution >= 0.6 is 0 Å². The van der Waals surface area contributed by atoms with Crippen molar-refractivity contribution in [1.29, 1.82) is 0 Å². The van der Waals surface area contributed by atoms with Gasteiger partial charge in [0.05, 0.1) is 29.9 Å². The molecular weight excluding hydrogens is 406 g/mol. The fourth-order valence-electron chi connectivity index (χ4n) is 2.76. The number of sulfonamides is 1. The van der Waals surface area contributed by atoms with E-state index in [1.165, 1.54) is 21.3 Å². The Labute approximate surface area is 166 Å². The number of urea groups is 1. The van der Waals surface area contributed by atoms with Gasteiger partial charge in [0.1, 0.15) is 0 Å². The Morgan fingerprint density at radius 3 is 2.29 bits per heavy atom. The van der Waals surface area contributed by atoms with Crippen molar-refractivity contribution in [3.63, 3.8) is 0 Å². The van der Waals surface area contributed by atoms with Crippen LogP contribution in [0.2, 0.25) is 0 Å². The van der Waals surface area contributed by atoms with Crippen LogP contribution in [-0.2, 0) is 24.6 Å². The van der Waals surface area contributed by atoms with E-state index >= 15 is 0 Å². The van der Waals surface area contributed by atoms with Gasteiger partial charge >= 0.3 is 6.03 Å². The summed E-state index contributed by atoms with van der Waals surface area (Å²) in [7, 11) is -5.11. The number of ether oxygens (including phenoxy) is 1. The molecule has 1 aromatic rings. The number of nitrogens with one attached hydrogen (secondary N) is 1. The van der Waals surface area contributed by atoms with Crippen molar-refractivity contribution >= 4 is 25.9 Å². The molecule has 0 aromatic heterocycles. The van der Waals surface area contributed by atoms with Gasteiger partial charge in [0.25, 0.3) is 0 Å². The van der Waals surface area contributed by atoms with Gasteiger partial charge in [-0.15, -0.1) is 0 Å². The molecule has 9 nitrogen and oxygen atoms in total. The molecule has 0 aliphatic carbocycles. The summed E-state index contributed by atoms with van der Waals surface area (Å²) in [5.41, 5.74) is 0.769. The molecule has 0 bridgehead atoms. The predicted octanol–water partition coefficient (Wildman–Crippen LogP) is 0.455. The first-order valence-corrected chi connectivity index (χ1v) is 12.4. The van der Waals surface area contributed by atoms with Gasteiger partial charge < -0.3 is 15.0 Å². The second kappa shape index (κ2) is 9.21. The average Bonchev–Trinajstić information content (AvgIpc) is 2.66. The van der Waals surface area contributed by atoms with Gasteiger partial charge in [-0.2, -0.15) is 4.31 Å². The summed E-state index contributed by atoms with van der Waals surface area (Å²) in [6, 6.07) is 5.60. The first kappa shape index (κ1) is 22.6. The molecule has 11 heteroatoms. The molecule has 158 valence electrons. The number of benzene rings is 1. The normalized spacial score (nSPS) is 17.1. The Morgan fingerprint density at radius 2 is 1.75 bits per heavy atom. The van der Waals surface area contributed by atoms with E-state index in [2.05, 4.69) is 5.32 Å². The van der Waals surface area contributed by atoms with E-state index in [1.54, 1.807) is 26.1 Å². The van der Waals surface area contributed by atoms with Crippen molar-refractivity contribution in [2.45, 2.75) is 17.9 Å². The van der Waals surface area contributed by atoms with Crippen molar-refractivity contribution in [2.75, 3.05) is 51.9 Å². The highest BCUT2D eigenvalue weighted by Crippen LogP contribution is 2.20. The number of hydrogen-bond acceptors (Lipinski definition) is 6. The van der Waals surface area contributed by atoms with Crippen molar-refractivity contribution in [3.05, 3.63) is 29.8 Å². The van der Waals surface area contributed by atoms with Gasteiger partial charge in [-0.3, -0.25) is 0 Å². The number of rotatable bonds is 7. The summed E-state index contributed by atoms with van der Waals surface area (Å²) in [5, 5.41) is 2.62. The molecule has 28 heavy (non-hydrogen) atoms.